The molecule has 1 radical (unpaired) electrons. The first-order chi connectivity index (χ1) is 9.75. The molecular weight excluding hydrogens is 263 g/mol. The Hall–Kier alpha value is -1.63. The van der Waals surface area contributed by atoms with E-state index in [0.717, 1.165) is 7.69 Å². The summed E-state index contributed by atoms with van der Waals surface area (Å²) in [6.45, 7) is 0. The van der Waals surface area contributed by atoms with Crippen LogP contribution < -0.4 is 10.9 Å². The lowest BCUT2D eigenvalue weighted by molar-refractivity contribution is 0.319. The smallest absolute Gasteiger partial charge is 0.451 e. The Bertz CT molecular complexity index is 563. The minimum Gasteiger partial charge on any atom is -0.451 e. The van der Waals surface area contributed by atoms with Gasteiger partial charge in [-0.1, -0.05) is 36.4 Å². The van der Waals surface area contributed by atoms with E-state index in [1.807, 2.05) is 0 Å². The maximum atomic E-state index is 13.7. The number of hydrogen-bond donors (Lipinski definition) is 0. The van der Waals surface area contributed by atoms with Gasteiger partial charge in [0.25, 0.3) is 0 Å². The van der Waals surface area contributed by atoms with Crippen LogP contribution in [0.4, 0.5) is 8.78 Å². The van der Waals surface area contributed by atoms with Crippen molar-refractivity contribution in [3.63, 3.8) is 0 Å². The van der Waals surface area contributed by atoms with Gasteiger partial charge in [-0.25, -0.2) is 8.78 Å². The third-order valence-corrected chi connectivity index (χ3v) is 2.92. The molecule has 0 aromatic heterocycles. The minimum atomic E-state index is -0.977. The first-order valence-electron chi connectivity index (χ1n) is 6.02. The molecule has 0 aliphatic carbocycles. The first-order valence-corrected chi connectivity index (χ1v) is 6.02. The summed E-state index contributed by atoms with van der Waals surface area (Å²) in [6, 6.07) is 12.1. The molecule has 1 aliphatic rings. The topological polar surface area (TPSA) is 27.7 Å². The summed E-state index contributed by atoms with van der Waals surface area (Å²) in [4.78, 5) is 0. The van der Waals surface area contributed by atoms with Crippen LogP contribution in [0.1, 0.15) is 0 Å². The van der Waals surface area contributed by atoms with E-state index < -0.39 is 25.9 Å². The van der Waals surface area contributed by atoms with Crippen LogP contribution in [0.25, 0.3) is 0 Å². The molecule has 3 nitrogen and oxygen atoms in total. The van der Waals surface area contributed by atoms with Gasteiger partial charge < -0.3 is 13.7 Å². The molecule has 2 aromatic rings. The van der Waals surface area contributed by atoms with E-state index in [-0.39, 0.29) is 10.9 Å². The van der Waals surface area contributed by atoms with E-state index in [9.17, 15) is 8.78 Å². The van der Waals surface area contributed by atoms with E-state index in [4.69, 9.17) is 13.7 Å². The predicted molar refractivity (Wildman–Crippen MR) is 72.6 cm³/mol. The summed E-state index contributed by atoms with van der Waals surface area (Å²) >= 11 is 0. The lowest BCUT2D eigenvalue weighted by Crippen LogP contribution is -2.55. The average Bonchev–Trinajstić information content (AvgIpc) is 2.48. The van der Waals surface area contributed by atoms with E-state index in [2.05, 4.69) is 0 Å². The monoisotopic (exact) mass is 271 g/mol. The van der Waals surface area contributed by atoms with Gasteiger partial charge >= 0.3 is 21.9 Å². The van der Waals surface area contributed by atoms with Gasteiger partial charge in [-0.2, -0.15) is 0 Å². The molecule has 8 heteroatoms. The lowest BCUT2D eigenvalue weighted by atomic mass is 9.67. The molecule has 0 bridgehead atoms. The summed E-state index contributed by atoms with van der Waals surface area (Å²) in [6.07, 6.45) is 0. The molecule has 3 rings (SSSR count). The predicted octanol–water partition coefficient (Wildman–Crippen LogP) is 0.653. The summed E-state index contributed by atoms with van der Waals surface area (Å²) < 4.78 is 43.1. The Morgan fingerprint density at radius 2 is 1.20 bits per heavy atom. The van der Waals surface area contributed by atoms with Crippen molar-refractivity contribution in [2.24, 2.45) is 0 Å². The van der Waals surface area contributed by atoms with Gasteiger partial charge in [-0.05, 0) is 12.1 Å². The maximum Gasteiger partial charge on any atom is 0.469 e. The fourth-order valence-corrected chi connectivity index (χ4v) is 1.94. The highest BCUT2D eigenvalue weighted by Gasteiger charge is 2.38. The standard InChI is InChI=1S/C12H8B3F2O3/c16-11-7-3-1-5-9(11)14-18-13-19-15(20-14)10-6-2-4-8-12(10)17/h1-8H. The zero-order valence-electron chi connectivity index (χ0n) is 10.3. The van der Waals surface area contributed by atoms with Crippen LogP contribution in [-0.4, -0.2) is 21.9 Å². The molecule has 0 atom stereocenters. The number of halogens is 2. The van der Waals surface area contributed by atoms with Crippen LogP contribution in [0.15, 0.2) is 48.5 Å². The minimum absolute atomic E-state index is 0.230. The van der Waals surface area contributed by atoms with Crippen LogP contribution in [0, 0.1) is 11.6 Å². The molecule has 1 fully saturated rings. The van der Waals surface area contributed by atoms with Gasteiger partial charge in [0.15, 0.2) is 0 Å². The third-order valence-electron chi connectivity index (χ3n) is 2.92. The Balaban J connectivity index is 1.84. The van der Waals surface area contributed by atoms with Crippen molar-refractivity contribution in [1.29, 1.82) is 0 Å². The van der Waals surface area contributed by atoms with Gasteiger partial charge in [0.2, 0.25) is 0 Å². The Morgan fingerprint density at radius 3 is 1.65 bits per heavy atom. The van der Waals surface area contributed by atoms with Crippen molar-refractivity contribution in [3.05, 3.63) is 60.2 Å². The molecule has 0 unspecified atom stereocenters. The van der Waals surface area contributed by atoms with E-state index >= 15 is 0 Å². The Kier molecular flexibility index (Phi) is 3.87. The van der Waals surface area contributed by atoms with E-state index in [1.54, 1.807) is 24.3 Å². The Labute approximate surface area is 116 Å². The number of rotatable bonds is 2. The molecule has 20 heavy (non-hydrogen) atoms. The highest BCUT2D eigenvalue weighted by Crippen LogP contribution is 2.07. The molecule has 0 spiro atoms. The molecular formula is C12H8B3F2O3. The zero-order valence-corrected chi connectivity index (χ0v) is 10.3. The molecule has 1 saturated heterocycles. The molecule has 0 saturated carbocycles. The summed E-state index contributed by atoms with van der Waals surface area (Å²) in [5.41, 5.74) is 0.460. The van der Waals surface area contributed by atoms with Crippen molar-refractivity contribution in [2.45, 2.75) is 0 Å². The molecule has 2 aromatic carbocycles. The fraction of sp³-hybridized carbons (Fsp3) is 0. The number of hydrogen-bond acceptors (Lipinski definition) is 3. The average molecular weight is 271 g/mol. The molecule has 0 N–H and O–H groups in total. The van der Waals surface area contributed by atoms with Gasteiger partial charge in [0.1, 0.15) is 11.6 Å². The quantitative estimate of drug-likeness (QED) is 0.750. The zero-order chi connectivity index (χ0) is 13.9. The summed E-state index contributed by atoms with van der Waals surface area (Å²) in [5.74, 6) is -0.917. The highest BCUT2D eigenvalue weighted by atomic mass is 19.1. The SMILES string of the molecule is Fc1ccccc1B1O[B]OB(c2ccccc2F)O1. The van der Waals surface area contributed by atoms with Gasteiger partial charge in [-0.15, -0.1) is 0 Å². The van der Waals surface area contributed by atoms with Crippen molar-refractivity contribution in [2.75, 3.05) is 0 Å². The largest absolute Gasteiger partial charge is 0.469 e. The first kappa shape index (κ1) is 13.4. The van der Waals surface area contributed by atoms with Gasteiger partial charge in [0.05, 0.1) is 0 Å². The van der Waals surface area contributed by atoms with Crippen molar-refractivity contribution >= 4 is 32.8 Å². The van der Waals surface area contributed by atoms with E-state index in [0.29, 0.717) is 0 Å². The second-order valence-corrected chi connectivity index (χ2v) is 4.21. The number of benzene rings is 2. The molecule has 1 heterocycles. The third kappa shape index (κ3) is 2.63. The fourth-order valence-electron chi connectivity index (χ4n) is 1.94. The van der Waals surface area contributed by atoms with Crippen LogP contribution in [0.3, 0.4) is 0 Å². The van der Waals surface area contributed by atoms with Crippen molar-refractivity contribution < 1.29 is 22.5 Å². The Morgan fingerprint density at radius 1 is 0.750 bits per heavy atom. The highest BCUT2D eigenvalue weighted by molar-refractivity contribution is 6.80. The van der Waals surface area contributed by atoms with Crippen LogP contribution in [-0.2, 0) is 13.7 Å². The van der Waals surface area contributed by atoms with Gasteiger partial charge in [-0.3, -0.25) is 0 Å². The second kappa shape index (κ2) is 5.79. The van der Waals surface area contributed by atoms with Crippen LogP contribution >= 0.6 is 0 Å². The van der Waals surface area contributed by atoms with Crippen molar-refractivity contribution in [1.82, 2.24) is 0 Å². The molecule has 0 amide bonds. The maximum absolute atomic E-state index is 13.7. The summed E-state index contributed by atoms with van der Waals surface area (Å²) in [7, 11) is -0.915. The van der Waals surface area contributed by atoms with E-state index in [1.165, 1.54) is 24.3 Å². The van der Waals surface area contributed by atoms with Crippen molar-refractivity contribution in [3.8, 4) is 0 Å². The summed E-state index contributed by atoms with van der Waals surface area (Å²) in [5, 5.41) is 0. The van der Waals surface area contributed by atoms with Crippen LogP contribution in [0.2, 0.25) is 0 Å². The lowest BCUT2D eigenvalue weighted by Gasteiger charge is -2.26. The second-order valence-electron chi connectivity index (χ2n) is 4.21. The van der Waals surface area contributed by atoms with Crippen LogP contribution in [0.5, 0.6) is 0 Å². The van der Waals surface area contributed by atoms with Gasteiger partial charge in [0, 0.05) is 10.9 Å². The molecule has 97 valence electrons. The molecule has 1 aliphatic heterocycles. The normalized spacial score (nSPS) is 15.1.